The zero-order chi connectivity index (χ0) is 13.1. The number of aryl methyl sites for hydroxylation is 1. The van der Waals surface area contributed by atoms with Crippen molar-refractivity contribution < 1.29 is 4.79 Å². The molecule has 0 atom stereocenters. The molecule has 2 rings (SSSR count). The van der Waals surface area contributed by atoms with Crippen molar-refractivity contribution >= 4 is 5.91 Å². The van der Waals surface area contributed by atoms with Crippen molar-refractivity contribution in [3.8, 4) is 0 Å². The number of carbonyl (C=O) groups is 1. The summed E-state index contributed by atoms with van der Waals surface area (Å²) in [5, 5.41) is 6.73. The fraction of sp³-hybridized carbons (Fsp3) is 0.692. The second-order valence-electron chi connectivity index (χ2n) is 4.99. The lowest BCUT2D eigenvalue weighted by molar-refractivity contribution is 0.0646. The minimum Gasteiger partial charge on any atom is -0.339 e. The molecule has 5 heteroatoms. The first-order valence-electron chi connectivity index (χ1n) is 6.63. The van der Waals surface area contributed by atoms with E-state index in [4.69, 9.17) is 0 Å². The Kier molecular flexibility index (Phi) is 4.01. The zero-order valence-corrected chi connectivity index (χ0v) is 11.4. The van der Waals surface area contributed by atoms with Gasteiger partial charge in [0.2, 0.25) is 0 Å². The quantitative estimate of drug-likeness (QED) is 0.879. The van der Waals surface area contributed by atoms with Crippen LogP contribution < -0.4 is 0 Å². The molecule has 1 aliphatic heterocycles. The molecule has 1 fully saturated rings. The summed E-state index contributed by atoms with van der Waals surface area (Å²) in [5.41, 5.74) is 1.54. The molecule has 0 aromatic carbocycles. The molecule has 0 aliphatic carbocycles. The van der Waals surface area contributed by atoms with Crippen LogP contribution >= 0.6 is 0 Å². The summed E-state index contributed by atoms with van der Waals surface area (Å²) in [4.78, 5) is 16.6. The maximum absolute atomic E-state index is 12.3. The number of nitrogens with one attached hydrogen (secondary N) is 1. The number of nitrogens with zero attached hydrogens (tertiary/aromatic N) is 3. The van der Waals surface area contributed by atoms with Gasteiger partial charge in [-0.3, -0.25) is 9.89 Å². The fourth-order valence-electron chi connectivity index (χ4n) is 2.54. The summed E-state index contributed by atoms with van der Waals surface area (Å²) in [7, 11) is 1.90. The van der Waals surface area contributed by atoms with E-state index < -0.39 is 0 Å². The van der Waals surface area contributed by atoms with Crippen molar-refractivity contribution in [1.82, 2.24) is 20.0 Å². The maximum Gasteiger partial charge on any atom is 0.257 e. The normalized spacial score (nSPS) is 17.9. The van der Waals surface area contributed by atoms with Gasteiger partial charge in [0, 0.05) is 31.9 Å². The van der Waals surface area contributed by atoms with Crippen molar-refractivity contribution in [1.29, 1.82) is 0 Å². The molecule has 1 aromatic rings. The SMILES string of the molecule is CCN1CCC(N(C)C(=O)c2cn[nH]c2C)CC1. The third-order valence-corrected chi connectivity index (χ3v) is 3.93. The van der Waals surface area contributed by atoms with E-state index in [-0.39, 0.29) is 5.91 Å². The van der Waals surface area contributed by atoms with Gasteiger partial charge in [0.15, 0.2) is 0 Å². The van der Waals surface area contributed by atoms with E-state index in [9.17, 15) is 4.79 Å². The standard InChI is InChI=1S/C13H22N4O/c1-4-17-7-5-11(6-8-17)16(3)13(18)12-9-14-15-10(12)2/h9,11H,4-8H2,1-3H3,(H,14,15). The van der Waals surface area contributed by atoms with E-state index in [0.29, 0.717) is 11.6 Å². The van der Waals surface area contributed by atoms with Crippen molar-refractivity contribution in [2.45, 2.75) is 32.7 Å². The Labute approximate surface area is 108 Å². The zero-order valence-electron chi connectivity index (χ0n) is 11.4. The Hall–Kier alpha value is -1.36. The average molecular weight is 250 g/mol. The van der Waals surface area contributed by atoms with Crippen LogP contribution in [0.5, 0.6) is 0 Å². The second kappa shape index (κ2) is 5.52. The summed E-state index contributed by atoms with van der Waals surface area (Å²) < 4.78 is 0. The van der Waals surface area contributed by atoms with Gasteiger partial charge in [0.05, 0.1) is 11.8 Å². The lowest BCUT2D eigenvalue weighted by atomic mass is 10.0. The first kappa shape index (κ1) is 13.1. The van der Waals surface area contributed by atoms with Gasteiger partial charge < -0.3 is 9.80 Å². The number of H-pyrrole nitrogens is 1. The maximum atomic E-state index is 12.3. The largest absolute Gasteiger partial charge is 0.339 e. The number of carbonyl (C=O) groups excluding carboxylic acids is 1. The van der Waals surface area contributed by atoms with Crippen molar-refractivity contribution in [2.75, 3.05) is 26.7 Å². The molecule has 0 bridgehead atoms. The van der Waals surface area contributed by atoms with Gasteiger partial charge in [-0.1, -0.05) is 6.92 Å². The molecule has 100 valence electrons. The number of piperidine rings is 1. The van der Waals surface area contributed by atoms with Gasteiger partial charge in [-0.25, -0.2) is 0 Å². The molecule has 1 aromatic heterocycles. The molecule has 18 heavy (non-hydrogen) atoms. The molecular formula is C13H22N4O. The van der Waals surface area contributed by atoms with Crippen molar-refractivity contribution in [3.63, 3.8) is 0 Å². The minimum atomic E-state index is 0.0798. The first-order chi connectivity index (χ1) is 8.63. The van der Waals surface area contributed by atoms with E-state index in [1.807, 2.05) is 18.9 Å². The van der Waals surface area contributed by atoms with E-state index in [2.05, 4.69) is 22.0 Å². The monoisotopic (exact) mass is 250 g/mol. The average Bonchev–Trinajstić information content (AvgIpc) is 2.83. The van der Waals surface area contributed by atoms with Crippen molar-refractivity contribution in [2.24, 2.45) is 0 Å². The molecule has 0 saturated carbocycles. The molecular weight excluding hydrogens is 228 g/mol. The van der Waals surface area contributed by atoms with Gasteiger partial charge in [0.1, 0.15) is 0 Å². The molecule has 1 amide bonds. The molecule has 0 spiro atoms. The molecule has 0 unspecified atom stereocenters. The van der Waals surface area contributed by atoms with E-state index in [0.717, 1.165) is 38.2 Å². The predicted molar refractivity (Wildman–Crippen MR) is 70.6 cm³/mol. The van der Waals surface area contributed by atoms with Crippen LogP contribution in [0.4, 0.5) is 0 Å². The first-order valence-corrected chi connectivity index (χ1v) is 6.63. The third kappa shape index (κ3) is 2.56. The Morgan fingerprint density at radius 2 is 2.22 bits per heavy atom. The van der Waals surface area contributed by atoms with Gasteiger partial charge in [-0.2, -0.15) is 5.10 Å². The van der Waals surface area contributed by atoms with Crippen LogP contribution in [0.1, 0.15) is 35.8 Å². The number of likely N-dealkylation sites (tertiary alicyclic amines) is 1. The fourth-order valence-corrected chi connectivity index (χ4v) is 2.54. The summed E-state index contributed by atoms with van der Waals surface area (Å²) in [6.07, 6.45) is 3.75. The number of hydrogen-bond acceptors (Lipinski definition) is 3. The van der Waals surface area contributed by atoms with Crippen LogP contribution in [0.3, 0.4) is 0 Å². The van der Waals surface area contributed by atoms with Crippen molar-refractivity contribution in [3.05, 3.63) is 17.5 Å². The predicted octanol–water partition coefficient (Wildman–Crippen LogP) is 1.27. The second-order valence-corrected chi connectivity index (χ2v) is 4.99. The topological polar surface area (TPSA) is 52.2 Å². The molecule has 1 aliphatic rings. The lowest BCUT2D eigenvalue weighted by Gasteiger charge is -2.36. The number of aromatic amines is 1. The van der Waals surface area contributed by atoms with Gasteiger partial charge in [-0.05, 0) is 26.3 Å². The van der Waals surface area contributed by atoms with Crippen LogP contribution in [0.2, 0.25) is 0 Å². The summed E-state index contributed by atoms with van der Waals surface area (Å²) in [6, 6.07) is 0.356. The lowest BCUT2D eigenvalue weighted by Crippen LogP contribution is -2.45. The summed E-state index contributed by atoms with van der Waals surface area (Å²) in [5.74, 6) is 0.0798. The van der Waals surface area contributed by atoms with Gasteiger partial charge >= 0.3 is 0 Å². The van der Waals surface area contributed by atoms with Crippen LogP contribution in [-0.4, -0.2) is 58.6 Å². The number of hydrogen-bond donors (Lipinski definition) is 1. The Bertz CT molecular complexity index is 407. The summed E-state index contributed by atoms with van der Waals surface area (Å²) in [6.45, 7) is 7.34. The molecule has 1 N–H and O–H groups in total. The highest BCUT2D eigenvalue weighted by atomic mass is 16.2. The highest BCUT2D eigenvalue weighted by Gasteiger charge is 2.26. The highest BCUT2D eigenvalue weighted by molar-refractivity contribution is 5.95. The smallest absolute Gasteiger partial charge is 0.257 e. The third-order valence-electron chi connectivity index (χ3n) is 3.93. The highest BCUT2D eigenvalue weighted by Crippen LogP contribution is 2.18. The van der Waals surface area contributed by atoms with Crippen LogP contribution in [0.25, 0.3) is 0 Å². The van der Waals surface area contributed by atoms with E-state index >= 15 is 0 Å². The molecule has 2 heterocycles. The Balaban J connectivity index is 1.98. The minimum absolute atomic E-state index is 0.0798. The van der Waals surface area contributed by atoms with Gasteiger partial charge in [0.25, 0.3) is 5.91 Å². The molecule has 5 nitrogen and oxygen atoms in total. The van der Waals surface area contributed by atoms with Gasteiger partial charge in [-0.15, -0.1) is 0 Å². The van der Waals surface area contributed by atoms with Crippen LogP contribution in [-0.2, 0) is 0 Å². The number of rotatable bonds is 3. The van der Waals surface area contributed by atoms with E-state index in [1.54, 1.807) is 6.20 Å². The molecule has 1 saturated heterocycles. The Morgan fingerprint density at radius 3 is 2.72 bits per heavy atom. The number of amides is 1. The van der Waals surface area contributed by atoms with E-state index in [1.165, 1.54) is 0 Å². The molecule has 0 radical (unpaired) electrons. The number of aromatic nitrogens is 2. The summed E-state index contributed by atoms with van der Waals surface area (Å²) >= 11 is 0. The van der Waals surface area contributed by atoms with Crippen LogP contribution in [0, 0.1) is 6.92 Å². The van der Waals surface area contributed by atoms with Crippen LogP contribution in [0.15, 0.2) is 6.20 Å². The Morgan fingerprint density at radius 1 is 1.56 bits per heavy atom.